The van der Waals surface area contributed by atoms with E-state index in [0.29, 0.717) is 22.7 Å². The average Bonchev–Trinajstić information content (AvgIpc) is 3.41. The van der Waals surface area contributed by atoms with Crippen molar-refractivity contribution in [2.45, 2.75) is 32.0 Å². The monoisotopic (exact) mass is 556 g/mol. The first-order valence-corrected chi connectivity index (χ1v) is 13.9. The lowest BCUT2D eigenvalue weighted by molar-refractivity contribution is -0.137. The molecule has 41 heavy (non-hydrogen) atoms. The van der Waals surface area contributed by atoms with Gasteiger partial charge in [0.05, 0.1) is 5.56 Å². The number of benzene rings is 3. The molecule has 1 saturated heterocycles. The van der Waals surface area contributed by atoms with E-state index in [1.165, 1.54) is 28.9 Å². The number of carbonyl (C=O) groups is 1. The van der Waals surface area contributed by atoms with Gasteiger partial charge in [-0.15, -0.1) is 0 Å². The van der Waals surface area contributed by atoms with Crippen LogP contribution in [0.1, 0.15) is 32.6 Å². The van der Waals surface area contributed by atoms with Crippen molar-refractivity contribution < 1.29 is 18.0 Å². The van der Waals surface area contributed by atoms with Gasteiger partial charge in [0.25, 0.3) is 5.91 Å². The predicted octanol–water partition coefficient (Wildman–Crippen LogP) is 6.62. The number of halogens is 3. The van der Waals surface area contributed by atoms with Gasteiger partial charge in [0.2, 0.25) is 0 Å². The fraction of sp³-hybridized carbons (Fsp3) is 0.273. The Morgan fingerprint density at radius 1 is 0.878 bits per heavy atom. The summed E-state index contributed by atoms with van der Waals surface area (Å²) >= 11 is 0. The molecule has 1 amide bonds. The van der Waals surface area contributed by atoms with Crippen LogP contribution in [0.5, 0.6) is 0 Å². The number of fused-ring (bicyclic) bond motifs is 1. The lowest BCUT2D eigenvalue weighted by Gasteiger charge is -2.39. The molecule has 2 heterocycles. The highest BCUT2D eigenvalue weighted by molar-refractivity contribution is 6.09. The minimum atomic E-state index is -4.41. The Hall–Kier alpha value is -4.17. The number of nitrogens with one attached hydrogen (secondary N) is 1. The van der Waals surface area contributed by atoms with Crippen LogP contribution in [0.3, 0.4) is 0 Å². The third kappa shape index (κ3) is 5.70. The third-order valence-electron chi connectivity index (χ3n) is 8.25. The van der Waals surface area contributed by atoms with Crippen LogP contribution in [0.25, 0.3) is 11.1 Å². The number of hydrogen-bond acceptors (Lipinski definition) is 4. The second kappa shape index (κ2) is 11.0. The van der Waals surface area contributed by atoms with E-state index in [2.05, 4.69) is 44.4 Å². The fourth-order valence-corrected chi connectivity index (χ4v) is 6.10. The van der Waals surface area contributed by atoms with E-state index in [1.54, 1.807) is 12.1 Å². The number of rotatable bonds is 5. The normalized spacial score (nSPS) is 17.4. The van der Waals surface area contributed by atoms with Crippen molar-refractivity contribution in [1.82, 2.24) is 9.88 Å². The Morgan fingerprint density at radius 2 is 1.59 bits per heavy atom. The van der Waals surface area contributed by atoms with Crippen LogP contribution in [-0.2, 0) is 19.0 Å². The average molecular weight is 557 g/mol. The minimum absolute atomic E-state index is 0.287. The van der Waals surface area contributed by atoms with E-state index in [0.717, 1.165) is 62.4 Å². The maximum Gasteiger partial charge on any atom is 0.416 e. The maximum atomic E-state index is 13.4. The molecule has 1 N–H and O–H groups in total. The van der Waals surface area contributed by atoms with E-state index >= 15 is 0 Å². The zero-order valence-electron chi connectivity index (χ0n) is 22.8. The second-order valence-electron chi connectivity index (χ2n) is 10.8. The molecule has 1 aliphatic carbocycles. The van der Waals surface area contributed by atoms with E-state index in [1.807, 2.05) is 31.5 Å². The highest BCUT2D eigenvalue weighted by atomic mass is 19.4. The summed E-state index contributed by atoms with van der Waals surface area (Å²) in [5.74, 6) is -0.287. The predicted molar refractivity (Wildman–Crippen MR) is 155 cm³/mol. The van der Waals surface area contributed by atoms with Gasteiger partial charge in [0, 0.05) is 61.6 Å². The lowest BCUT2D eigenvalue weighted by Crippen LogP contribution is -2.50. The summed E-state index contributed by atoms with van der Waals surface area (Å²) in [6, 6.07) is 21.0. The Balaban J connectivity index is 1.13. The number of amides is 1. The van der Waals surface area contributed by atoms with Crippen LogP contribution < -0.4 is 10.2 Å². The van der Waals surface area contributed by atoms with Crippen LogP contribution in [0, 0.1) is 6.92 Å². The molecule has 0 saturated carbocycles. The Bertz CT molecular complexity index is 1550. The zero-order valence-corrected chi connectivity index (χ0v) is 22.8. The van der Waals surface area contributed by atoms with Crippen molar-refractivity contribution in [2.24, 2.45) is 0 Å². The molecule has 0 spiro atoms. The minimum Gasteiger partial charge on any atom is -0.369 e. The molecular weight excluding hydrogens is 525 g/mol. The van der Waals surface area contributed by atoms with Gasteiger partial charge in [-0.25, -0.2) is 0 Å². The van der Waals surface area contributed by atoms with Gasteiger partial charge < -0.3 is 10.2 Å². The molecule has 4 aromatic rings. The van der Waals surface area contributed by atoms with Crippen molar-refractivity contribution in [3.8, 4) is 11.1 Å². The molecule has 1 fully saturated rings. The molecule has 3 aromatic carbocycles. The van der Waals surface area contributed by atoms with Crippen LogP contribution in [-0.4, -0.2) is 48.0 Å². The molecule has 1 aliphatic heterocycles. The number of aryl methyl sites for hydroxylation is 1. The van der Waals surface area contributed by atoms with Gasteiger partial charge in [0.1, 0.15) is 0 Å². The maximum absolute atomic E-state index is 13.4. The Labute approximate surface area is 237 Å². The van der Waals surface area contributed by atoms with Crippen LogP contribution in [0.2, 0.25) is 0 Å². The van der Waals surface area contributed by atoms with Gasteiger partial charge in [-0.05, 0) is 90.0 Å². The molecule has 6 rings (SSSR count). The molecule has 1 atom stereocenters. The van der Waals surface area contributed by atoms with Crippen LogP contribution >= 0.6 is 0 Å². The standard InChI is InChI=1S/C33H31F3N4O/c1-22-3-2-4-30(31(22)23-5-8-26(9-6-23)33(34,35)36)32(41)38-27-10-7-24-20-29(21-25(24)19-27)40-17-15-39(16-18-40)28-11-13-37-14-12-28/h2-14,19,29H,15-18,20-21H2,1H3,(H,38,41). The largest absolute Gasteiger partial charge is 0.416 e. The summed E-state index contributed by atoms with van der Waals surface area (Å²) < 4.78 is 39.3. The number of nitrogens with zero attached hydrogens (tertiary/aromatic N) is 3. The van der Waals surface area contributed by atoms with Crippen molar-refractivity contribution >= 4 is 17.3 Å². The van der Waals surface area contributed by atoms with E-state index in [-0.39, 0.29) is 5.91 Å². The molecule has 0 radical (unpaired) electrons. The van der Waals surface area contributed by atoms with Gasteiger partial charge in [-0.2, -0.15) is 13.2 Å². The molecule has 1 unspecified atom stereocenters. The van der Waals surface area contributed by atoms with Gasteiger partial charge in [-0.3, -0.25) is 14.7 Å². The first kappa shape index (κ1) is 27.0. The number of carbonyl (C=O) groups excluding carboxylic acids is 1. The van der Waals surface area contributed by atoms with E-state index < -0.39 is 11.7 Å². The summed E-state index contributed by atoms with van der Waals surface area (Å²) in [4.78, 5) is 22.5. The zero-order chi connectivity index (χ0) is 28.6. The summed E-state index contributed by atoms with van der Waals surface area (Å²) in [7, 11) is 0. The highest BCUT2D eigenvalue weighted by Crippen LogP contribution is 2.34. The molecule has 8 heteroatoms. The number of pyridine rings is 1. The number of alkyl halides is 3. The van der Waals surface area contributed by atoms with E-state index in [4.69, 9.17) is 0 Å². The molecule has 1 aromatic heterocycles. The van der Waals surface area contributed by atoms with Crippen molar-refractivity contribution in [3.05, 3.63) is 113 Å². The summed E-state index contributed by atoms with van der Waals surface area (Å²) in [5.41, 5.74) is 6.22. The first-order valence-electron chi connectivity index (χ1n) is 13.9. The van der Waals surface area contributed by atoms with Gasteiger partial charge in [-0.1, -0.05) is 30.3 Å². The van der Waals surface area contributed by atoms with Crippen molar-refractivity contribution in [1.29, 1.82) is 0 Å². The Kier molecular flexibility index (Phi) is 7.26. The molecular formula is C33H31F3N4O. The topological polar surface area (TPSA) is 48.5 Å². The molecule has 2 aliphatic rings. The van der Waals surface area contributed by atoms with Crippen molar-refractivity contribution in [3.63, 3.8) is 0 Å². The smallest absolute Gasteiger partial charge is 0.369 e. The number of piperazine rings is 1. The second-order valence-corrected chi connectivity index (χ2v) is 10.8. The van der Waals surface area contributed by atoms with Gasteiger partial charge >= 0.3 is 6.18 Å². The SMILES string of the molecule is Cc1cccc(C(=O)Nc2ccc3c(c2)CC(N2CCN(c4ccncc4)CC2)C3)c1-c1ccc(C(F)(F)F)cc1. The number of hydrogen-bond donors (Lipinski definition) is 1. The Morgan fingerprint density at radius 3 is 2.29 bits per heavy atom. The quantitative estimate of drug-likeness (QED) is 0.300. The lowest BCUT2D eigenvalue weighted by atomic mass is 9.93. The first-order chi connectivity index (χ1) is 19.8. The molecule has 5 nitrogen and oxygen atoms in total. The molecule has 0 bridgehead atoms. The third-order valence-corrected chi connectivity index (χ3v) is 8.25. The summed E-state index contributed by atoms with van der Waals surface area (Å²) in [5, 5.41) is 3.03. The molecule has 210 valence electrons. The number of aromatic nitrogens is 1. The van der Waals surface area contributed by atoms with Crippen LogP contribution in [0.4, 0.5) is 24.5 Å². The van der Waals surface area contributed by atoms with Gasteiger partial charge in [0.15, 0.2) is 0 Å². The number of anilines is 2. The van der Waals surface area contributed by atoms with Crippen LogP contribution in [0.15, 0.2) is 85.2 Å². The van der Waals surface area contributed by atoms with E-state index in [9.17, 15) is 18.0 Å². The summed E-state index contributed by atoms with van der Waals surface area (Å²) in [6.07, 6.45) is 1.19. The fourth-order valence-electron chi connectivity index (χ4n) is 6.10. The van der Waals surface area contributed by atoms with Crippen molar-refractivity contribution in [2.75, 3.05) is 36.4 Å². The highest BCUT2D eigenvalue weighted by Gasteiger charge is 2.31. The summed E-state index contributed by atoms with van der Waals surface area (Å²) in [6.45, 7) is 5.83.